The average molecular weight is 312 g/mol. The van der Waals surface area contributed by atoms with E-state index in [9.17, 15) is 8.42 Å². The zero-order valence-electron chi connectivity index (χ0n) is 12.7. The average Bonchev–Trinajstić information content (AvgIpc) is 2.93. The van der Waals surface area contributed by atoms with E-state index in [1.165, 1.54) is 10.5 Å². The first-order valence-electron chi connectivity index (χ1n) is 7.43. The van der Waals surface area contributed by atoms with Gasteiger partial charge in [-0.15, -0.1) is 0 Å². The Hall–Kier alpha value is -1.18. The van der Waals surface area contributed by atoms with Crippen molar-refractivity contribution in [1.29, 1.82) is 0 Å². The predicted octanol–water partition coefficient (Wildman–Crippen LogP) is 1.22. The Balaban J connectivity index is 2.01. The van der Waals surface area contributed by atoms with Crippen molar-refractivity contribution in [2.24, 2.45) is 0 Å². The monoisotopic (exact) mass is 312 g/mol. The third kappa shape index (κ3) is 4.15. The highest BCUT2D eigenvalue weighted by Crippen LogP contribution is 2.19. The summed E-state index contributed by atoms with van der Waals surface area (Å²) >= 11 is 0. The molecule has 7 heteroatoms. The van der Waals surface area contributed by atoms with Gasteiger partial charge in [0.25, 0.3) is 0 Å². The first kappa shape index (κ1) is 16.2. The van der Waals surface area contributed by atoms with E-state index in [1.807, 2.05) is 6.92 Å². The number of nitrogens with zero attached hydrogens (tertiary/aromatic N) is 3. The summed E-state index contributed by atoms with van der Waals surface area (Å²) in [6.45, 7) is 7.63. The molecule has 0 atom stereocenters. The Labute approximate surface area is 126 Å². The predicted molar refractivity (Wildman–Crippen MR) is 82.5 cm³/mol. The van der Waals surface area contributed by atoms with Gasteiger partial charge in [-0.25, -0.2) is 8.42 Å². The molecule has 0 saturated heterocycles. The van der Waals surface area contributed by atoms with Gasteiger partial charge < -0.3 is 5.32 Å². The molecule has 1 N–H and O–H groups in total. The van der Waals surface area contributed by atoms with Gasteiger partial charge in [-0.3, -0.25) is 4.68 Å². The van der Waals surface area contributed by atoms with E-state index < -0.39 is 10.0 Å². The molecule has 0 bridgehead atoms. The van der Waals surface area contributed by atoms with Crippen molar-refractivity contribution in [1.82, 2.24) is 19.4 Å². The Morgan fingerprint density at radius 1 is 1.43 bits per heavy atom. The molecular weight excluding hydrogens is 288 g/mol. The van der Waals surface area contributed by atoms with Crippen LogP contribution in [0.25, 0.3) is 0 Å². The topological polar surface area (TPSA) is 67.2 Å². The molecule has 21 heavy (non-hydrogen) atoms. The van der Waals surface area contributed by atoms with E-state index >= 15 is 0 Å². The summed E-state index contributed by atoms with van der Waals surface area (Å²) in [5, 5.41) is 7.40. The summed E-state index contributed by atoms with van der Waals surface area (Å²) in [6, 6.07) is 0. The van der Waals surface area contributed by atoms with E-state index in [-0.39, 0.29) is 0 Å². The Bertz CT molecular complexity index is 592. The summed E-state index contributed by atoms with van der Waals surface area (Å²) in [4.78, 5) is 0.292. The fraction of sp³-hybridized carbons (Fsp3) is 0.643. The largest absolute Gasteiger partial charge is 0.317 e. The first-order valence-corrected chi connectivity index (χ1v) is 8.87. The van der Waals surface area contributed by atoms with E-state index in [2.05, 4.69) is 23.4 Å². The Morgan fingerprint density at radius 3 is 2.95 bits per heavy atom. The molecule has 0 aliphatic carbocycles. The van der Waals surface area contributed by atoms with E-state index in [4.69, 9.17) is 0 Å². The van der Waals surface area contributed by atoms with Gasteiger partial charge in [0.2, 0.25) is 10.0 Å². The van der Waals surface area contributed by atoms with Crippen LogP contribution in [0.5, 0.6) is 0 Å². The highest BCUT2D eigenvalue weighted by Gasteiger charge is 2.27. The SMILES string of the molecule is CCNCCCn1cc(S(=O)(=O)N2CCC=C(C)C2)cn1. The number of aromatic nitrogens is 2. The molecule has 0 spiro atoms. The number of hydrogen-bond acceptors (Lipinski definition) is 4. The van der Waals surface area contributed by atoms with Gasteiger partial charge in [0.05, 0.1) is 6.20 Å². The highest BCUT2D eigenvalue weighted by molar-refractivity contribution is 7.89. The van der Waals surface area contributed by atoms with Gasteiger partial charge in [0.15, 0.2) is 0 Å². The third-order valence-electron chi connectivity index (χ3n) is 3.54. The minimum absolute atomic E-state index is 0.292. The van der Waals surface area contributed by atoms with Crippen molar-refractivity contribution in [3.8, 4) is 0 Å². The summed E-state index contributed by atoms with van der Waals surface area (Å²) in [5.74, 6) is 0. The van der Waals surface area contributed by atoms with Gasteiger partial charge in [-0.1, -0.05) is 18.6 Å². The molecule has 118 valence electrons. The quantitative estimate of drug-likeness (QED) is 0.607. The van der Waals surface area contributed by atoms with Crippen molar-refractivity contribution < 1.29 is 8.42 Å². The van der Waals surface area contributed by atoms with Crippen molar-refractivity contribution in [2.45, 2.75) is 38.1 Å². The Kier molecular flexibility index (Phi) is 5.55. The lowest BCUT2D eigenvalue weighted by Crippen LogP contribution is -2.35. The molecular formula is C14H24N4O2S. The van der Waals surface area contributed by atoms with Crippen LogP contribution in [0.1, 0.15) is 26.7 Å². The van der Waals surface area contributed by atoms with Gasteiger partial charge in [-0.2, -0.15) is 9.40 Å². The molecule has 0 aromatic carbocycles. The summed E-state index contributed by atoms with van der Waals surface area (Å²) < 4.78 is 28.3. The van der Waals surface area contributed by atoms with Crippen LogP contribution in [-0.4, -0.2) is 48.7 Å². The second-order valence-corrected chi connectivity index (χ2v) is 7.26. The van der Waals surface area contributed by atoms with Gasteiger partial charge in [0, 0.05) is 25.8 Å². The zero-order valence-corrected chi connectivity index (χ0v) is 13.6. The third-order valence-corrected chi connectivity index (χ3v) is 5.33. The minimum Gasteiger partial charge on any atom is -0.317 e. The lowest BCUT2D eigenvalue weighted by Gasteiger charge is -2.24. The van der Waals surface area contributed by atoms with Crippen LogP contribution in [0.3, 0.4) is 0 Å². The molecule has 0 saturated carbocycles. The Morgan fingerprint density at radius 2 is 2.24 bits per heavy atom. The maximum absolute atomic E-state index is 12.6. The molecule has 1 aromatic heterocycles. The molecule has 0 fully saturated rings. The minimum atomic E-state index is -3.42. The molecule has 1 aliphatic heterocycles. The molecule has 0 radical (unpaired) electrons. The van der Waals surface area contributed by atoms with Crippen LogP contribution in [-0.2, 0) is 16.6 Å². The van der Waals surface area contributed by atoms with Crippen LogP contribution < -0.4 is 5.32 Å². The number of rotatable bonds is 7. The molecule has 0 unspecified atom stereocenters. The van der Waals surface area contributed by atoms with Crippen molar-refractivity contribution >= 4 is 10.0 Å². The lowest BCUT2D eigenvalue weighted by atomic mass is 10.2. The maximum Gasteiger partial charge on any atom is 0.246 e. The van der Waals surface area contributed by atoms with Gasteiger partial charge >= 0.3 is 0 Å². The van der Waals surface area contributed by atoms with Gasteiger partial charge in [0.1, 0.15) is 4.90 Å². The van der Waals surface area contributed by atoms with Gasteiger partial charge in [-0.05, 0) is 32.9 Å². The standard InChI is InChI=1S/C14H24N4O2S/c1-3-15-7-5-8-17-12-14(10-16-17)21(19,20)18-9-4-6-13(2)11-18/h6,10,12,15H,3-5,7-9,11H2,1-2H3. The van der Waals surface area contributed by atoms with Crippen LogP contribution in [0, 0.1) is 0 Å². The number of nitrogens with one attached hydrogen (secondary N) is 1. The second-order valence-electron chi connectivity index (χ2n) is 5.32. The van der Waals surface area contributed by atoms with Crippen LogP contribution in [0.15, 0.2) is 28.9 Å². The summed E-state index contributed by atoms with van der Waals surface area (Å²) in [6.07, 6.45) is 6.89. The van der Waals surface area contributed by atoms with Crippen LogP contribution >= 0.6 is 0 Å². The fourth-order valence-corrected chi connectivity index (χ4v) is 3.83. The second kappa shape index (κ2) is 7.20. The van der Waals surface area contributed by atoms with Crippen LogP contribution in [0.4, 0.5) is 0 Å². The smallest absolute Gasteiger partial charge is 0.246 e. The first-order chi connectivity index (χ1) is 10.0. The fourth-order valence-electron chi connectivity index (χ4n) is 2.37. The van der Waals surface area contributed by atoms with E-state index in [0.29, 0.717) is 18.0 Å². The van der Waals surface area contributed by atoms with E-state index in [1.54, 1.807) is 10.9 Å². The van der Waals surface area contributed by atoms with Crippen LogP contribution in [0.2, 0.25) is 0 Å². The summed E-state index contributed by atoms with van der Waals surface area (Å²) in [7, 11) is -3.42. The number of hydrogen-bond donors (Lipinski definition) is 1. The normalized spacial score (nSPS) is 17.0. The number of sulfonamides is 1. The lowest BCUT2D eigenvalue weighted by molar-refractivity contribution is 0.427. The zero-order chi connectivity index (χ0) is 15.3. The van der Waals surface area contributed by atoms with E-state index in [0.717, 1.165) is 38.0 Å². The highest BCUT2D eigenvalue weighted by atomic mass is 32.2. The van der Waals surface area contributed by atoms with Crippen molar-refractivity contribution in [2.75, 3.05) is 26.2 Å². The maximum atomic E-state index is 12.6. The summed E-state index contributed by atoms with van der Waals surface area (Å²) in [5.41, 5.74) is 1.10. The van der Waals surface area contributed by atoms with Crippen molar-refractivity contribution in [3.63, 3.8) is 0 Å². The molecule has 1 aromatic rings. The van der Waals surface area contributed by atoms with Crippen molar-refractivity contribution in [3.05, 3.63) is 24.0 Å². The molecule has 2 rings (SSSR count). The number of aryl methyl sites for hydroxylation is 1. The molecule has 6 nitrogen and oxygen atoms in total. The molecule has 0 amide bonds. The molecule has 1 aliphatic rings. The molecule has 2 heterocycles.